The second kappa shape index (κ2) is 3.60. The fourth-order valence-corrected chi connectivity index (χ4v) is 0.939. The molecule has 1 aromatic heterocycles. The molecule has 0 saturated heterocycles. The van der Waals surface area contributed by atoms with E-state index in [2.05, 4.69) is 4.98 Å². The van der Waals surface area contributed by atoms with E-state index in [0.29, 0.717) is 0 Å². The summed E-state index contributed by atoms with van der Waals surface area (Å²) in [5, 5.41) is 10.2. The summed E-state index contributed by atoms with van der Waals surface area (Å²) in [6.07, 6.45) is -2.94. The summed E-state index contributed by atoms with van der Waals surface area (Å²) < 4.78 is 37.0. The predicted molar refractivity (Wildman–Crippen MR) is 40.5 cm³/mol. The van der Waals surface area contributed by atoms with Crippen LogP contribution in [0.2, 0.25) is 0 Å². The van der Waals surface area contributed by atoms with E-state index in [-0.39, 0.29) is 5.56 Å². The summed E-state index contributed by atoms with van der Waals surface area (Å²) in [7, 11) is 0. The summed E-state index contributed by atoms with van der Waals surface area (Å²) in [4.78, 5) is 12.0. The van der Waals surface area contributed by atoms with E-state index < -0.39 is 28.7 Å². The van der Waals surface area contributed by atoms with Gasteiger partial charge in [0, 0.05) is 6.07 Å². The standard InChI is InChI=1S/C7H5F3N2O2/c1-3-2-4(12(13)14)7(10)11-5(3)6(8)9/h2,6H,1H3. The number of hydrogen-bond donors (Lipinski definition) is 0. The molecule has 1 heterocycles. The van der Waals surface area contributed by atoms with E-state index in [0.717, 1.165) is 6.07 Å². The third kappa shape index (κ3) is 1.81. The van der Waals surface area contributed by atoms with E-state index in [4.69, 9.17) is 0 Å². The van der Waals surface area contributed by atoms with Gasteiger partial charge in [-0.3, -0.25) is 10.1 Å². The first-order chi connectivity index (χ1) is 6.43. The van der Waals surface area contributed by atoms with Crippen molar-refractivity contribution in [2.75, 3.05) is 0 Å². The van der Waals surface area contributed by atoms with Crippen LogP contribution >= 0.6 is 0 Å². The number of aryl methyl sites for hydroxylation is 1. The van der Waals surface area contributed by atoms with Gasteiger partial charge in [0.2, 0.25) is 0 Å². The average molecular weight is 206 g/mol. The van der Waals surface area contributed by atoms with Crippen LogP contribution in [0, 0.1) is 23.0 Å². The molecule has 0 radical (unpaired) electrons. The average Bonchev–Trinajstić information content (AvgIpc) is 2.07. The van der Waals surface area contributed by atoms with Gasteiger partial charge in [-0.15, -0.1) is 0 Å². The number of aromatic nitrogens is 1. The molecule has 0 N–H and O–H groups in total. The maximum Gasteiger partial charge on any atom is 0.324 e. The Labute approximate surface area is 76.5 Å². The Hall–Kier alpha value is -1.66. The minimum absolute atomic E-state index is 0.104. The van der Waals surface area contributed by atoms with Crippen molar-refractivity contribution in [1.82, 2.24) is 4.98 Å². The lowest BCUT2D eigenvalue weighted by molar-refractivity contribution is -0.388. The molecule has 0 fully saturated rings. The largest absolute Gasteiger partial charge is 0.324 e. The van der Waals surface area contributed by atoms with Crippen LogP contribution in [0.3, 0.4) is 0 Å². The summed E-state index contributed by atoms with van der Waals surface area (Å²) in [6, 6.07) is 0.740. The van der Waals surface area contributed by atoms with Gasteiger partial charge < -0.3 is 0 Å². The number of rotatable bonds is 2. The van der Waals surface area contributed by atoms with Gasteiger partial charge in [0.25, 0.3) is 12.4 Å². The van der Waals surface area contributed by atoms with Crippen LogP contribution in [0.1, 0.15) is 17.7 Å². The highest BCUT2D eigenvalue weighted by Gasteiger charge is 2.22. The summed E-state index contributed by atoms with van der Waals surface area (Å²) in [5.41, 5.74) is -1.77. The number of pyridine rings is 1. The molecule has 0 spiro atoms. The van der Waals surface area contributed by atoms with Crippen molar-refractivity contribution in [3.63, 3.8) is 0 Å². The molecular weight excluding hydrogens is 201 g/mol. The van der Waals surface area contributed by atoms with Crippen molar-refractivity contribution in [2.45, 2.75) is 13.3 Å². The molecule has 1 aromatic rings. The van der Waals surface area contributed by atoms with Gasteiger partial charge >= 0.3 is 5.69 Å². The maximum absolute atomic E-state index is 12.8. The van der Waals surface area contributed by atoms with Crippen molar-refractivity contribution >= 4 is 5.69 Å². The molecule has 0 amide bonds. The Kier molecular flexibility index (Phi) is 2.68. The lowest BCUT2D eigenvalue weighted by Crippen LogP contribution is -2.02. The molecule has 0 saturated carbocycles. The van der Waals surface area contributed by atoms with Gasteiger partial charge in [-0.05, 0) is 12.5 Å². The molecule has 4 nitrogen and oxygen atoms in total. The van der Waals surface area contributed by atoms with Gasteiger partial charge in [0.05, 0.1) is 4.92 Å². The third-order valence-corrected chi connectivity index (χ3v) is 1.59. The predicted octanol–water partition coefficient (Wildman–Crippen LogP) is 2.37. The highest BCUT2D eigenvalue weighted by Crippen LogP contribution is 2.25. The number of alkyl halides is 2. The Morgan fingerprint density at radius 2 is 2.14 bits per heavy atom. The van der Waals surface area contributed by atoms with E-state index in [1.807, 2.05) is 0 Å². The van der Waals surface area contributed by atoms with Gasteiger partial charge in [0.15, 0.2) is 0 Å². The number of hydrogen-bond acceptors (Lipinski definition) is 3. The summed E-state index contributed by atoms with van der Waals surface area (Å²) >= 11 is 0. The van der Waals surface area contributed by atoms with Crippen LogP contribution in [0.4, 0.5) is 18.9 Å². The molecule has 0 atom stereocenters. The molecule has 0 bridgehead atoms. The maximum atomic E-state index is 12.8. The molecular formula is C7H5F3N2O2. The quantitative estimate of drug-likeness (QED) is 0.424. The van der Waals surface area contributed by atoms with Crippen LogP contribution in [0.5, 0.6) is 0 Å². The van der Waals surface area contributed by atoms with Crippen molar-refractivity contribution in [3.8, 4) is 0 Å². The molecule has 76 valence electrons. The van der Waals surface area contributed by atoms with Gasteiger partial charge in [-0.2, -0.15) is 4.39 Å². The van der Waals surface area contributed by atoms with E-state index in [1.165, 1.54) is 6.92 Å². The third-order valence-electron chi connectivity index (χ3n) is 1.59. The van der Waals surface area contributed by atoms with E-state index in [1.54, 1.807) is 0 Å². The van der Waals surface area contributed by atoms with Crippen LogP contribution in [-0.4, -0.2) is 9.91 Å². The first kappa shape index (κ1) is 10.4. The number of nitro groups is 1. The van der Waals surface area contributed by atoms with Gasteiger partial charge in [-0.1, -0.05) is 0 Å². The Morgan fingerprint density at radius 3 is 2.57 bits per heavy atom. The lowest BCUT2D eigenvalue weighted by Gasteiger charge is -2.03. The molecule has 7 heteroatoms. The fraction of sp³-hybridized carbons (Fsp3) is 0.286. The Morgan fingerprint density at radius 1 is 1.57 bits per heavy atom. The second-order valence-electron chi connectivity index (χ2n) is 2.56. The molecule has 14 heavy (non-hydrogen) atoms. The SMILES string of the molecule is Cc1cc([N+](=O)[O-])c(F)nc1C(F)F. The van der Waals surface area contributed by atoms with Crippen molar-refractivity contribution < 1.29 is 18.1 Å². The second-order valence-corrected chi connectivity index (χ2v) is 2.56. The monoisotopic (exact) mass is 206 g/mol. The molecule has 0 aliphatic rings. The fourth-order valence-electron chi connectivity index (χ4n) is 0.939. The molecule has 0 aromatic carbocycles. The lowest BCUT2D eigenvalue weighted by atomic mass is 10.2. The van der Waals surface area contributed by atoms with Crippen molar-refractivity contribution in [2.24, 2.45) is 0 Å². The molecule has 0 unspecified atom stereocenters. The minimum Gasteiger partial charge on any atom is -0.258 e. The highest BCUT2D eigenvalue weighted by atomic mass is 19.3. The van der Waals surface area contributed by atoms with Crippen LogP contribution in [0.25, 0.3) is 0 Å². The van der Waals surface area contributed by atoms with Crippen LogP contribution < -0.4 is 0 Å². The van der Waals surface area contributed by atoms with E-state index >= 15 is 0 Å². The highest BCUT2D eigenvalue weighted by molar-refractivity contribution is 5.35. The van der Waals surface area contributed by atoms with Crippen molar-refractivity contribution in [3.05, 3.63) is 33.4 Å². The first-order valence-corrected chi connectivity index (χ1v) is 3.53. The van der Waals surface area contributed by atoms with Crippen LogP contribution in [0.15, 0.2) is 6.07 Å². The molecule has 0 aliphatic heterocycles. The normalized spacial score (nSPS) is 10.6. The van der Waals surface area contributed by atoms with Crippen molar-refractivity contribution in [1.29, 1.82) is 0 Å². The molecule has 0 aliphatic carbocycles. The number of halogens is 3. The zero-order valence-electron chi connectivity index (χ0n) is 7.00. The topological polar surface area (TPSA) is 56.0 Å². The van der Waals surface area contributed by atoms with E-state index in [9.17, 15) is 23.3 Å². The Balaban J connectivity index is 3.31. The Bertz CT molecular complexity index is 381. The zero-order chi connectivity index (χ0) is 10.9. The number of nitrogens with zero attached hydrogens (tertiary/aromatic N) is 2. The minimum atomic E-state index is -2.94. The van der Waals surface area contributed by atoms with Gasteiger partial charge in [0.1, 0.15) is 5.69 Å². The molecule has 1 rings (SSSR count). The summed E-state index contributed by atoms with van der Waals surface area (Å²) in [5.74, 6) is -1.49. The smallest absolute Gasteiger partial charge is 0.258 e. The zero-order valence-corrected chi connectivity index (χ0v) is 7.00. The first-order valence-electron chi connectivity index (χ1n) is 3.53. The summed E-state index contributed by atoms with van der Waals surface area (Å²) in [6.45, 7) is 1.21. The van der Waals surface area contributed by atoms with Crippen LogP contribution in [-0.2, 0) is 0 Å². The van der Waals surface area contributed by atoms with Gasteiger partial charge in [-0.25, -0.2) is 13.8 Å².